The van der Waals surface area contributed by atoms with Crippen LogP contribution in [0.1, 0.15) is 17.4 Å². The van der Waals surface area contributed by atoms with E-state index in [-0.39, 0.29) is 11.6 Å². The van der Waals surface area contributed by atoms with E-state index in [1.807, 2.05) is 0 Å². The van der Waals surface area contributed by atoms with Crippen molar-refractivity contribution in [3.05, 3.63) is 69.7 Å². The van der Waals surface area contributed by atoms with Gasteiger partial charge in [0.15, 0.2) is 0 Å². The largest absolute Gasteiger partial charge is 0.459 e. The average Bonchev–Trinajstić information content (AvgIpc) is 3.27. The number of carbonyl (C=O) groups excluding carboxylic acids is 2. The maximum absolute atomic E-state index is 13.6. The van der Waals surface area contributed by atoms with E-state index in [4.69, 9.17) is 27.6 Å². The summed E-state index contributed by atoms with van der Waals surface area (Å²) in [7, 11) is 0. The topological polar surface area (TPSA) is 83.4 Å². The average molecular weight is 422 g/mol. The van der Waals surface area contributed by atoms with Crippen LogP contribution in [0.3, 0.4) is 0 Å². The Labute approximate surface area is 169 Å². The number of hydrogen-bond donors (Lipinski definition) is 3. The summed E-state index contributed by atoms with van der Waals surface area (Å²) in [4.78, 5) is 24.0. The number of amides is 3. The lowest BCUT2D eigenvalue weighted by molar-refractivity contribution is -0.123. The van der Waals surface area contributed by atoms with E-state index in [0.29, 0.717) is 21.9 Å². The van der Waals surface area contributed by atoms with Crippen LogP contribution in [-0.4, -0.2) is 24.5 Å². The van der Waals surface area contributed by atoms with Gasteiger partial charge in [-0.15, -0.1) is 0 Å². The van der Waals surface area contributed by atoms with Gasteiger partial charge in [-0.2, -0.15) is 0 Å². The van der Waals surface area contributed by atoms with Crippen molar-refractivity contribution in [2.75, 3.05) is 6.54 Å². The highest BCUT2D eigenvalue weighted by Crippen LogP contribution is 2.31. The molecule has 0 spiro atoms. The summed E-state index contributed by atoms with van der Waals surface area (Å²) >= 11 is 12.0. The van der Waals surface area contributed by atoms with Crippen LogP contribution in [0.4, 0.5) is 9.18 Å². The SMILES string of the molecule is O=C1NC[C@@H](C(=O)N[C@H](c2ccc(F)c(Cl)c2)c2cc3cc(Cl)ccc3o2)N1. The van der Waals surface area contributed by atoms with Gasteiger partial charge in [-0.25, -0.2) is 9.18 Å². The molecule has 0 aliphatic carbocycles. The molecule has 6 nitrogen and oxygen atoms in total. The molecule has 1 aliphatic rings. The molecule has 0 saturated carbocycles. The molecule has 28 heavy (non-hydrogen) atoms. The first-order chi connectivity index (χ1) is 13.4. The lowest BCUT2D eigenvalue weighted by atomic mass is 10.0. The van der Waals surface area contributed by atoms with Gasteiger partial charge in [0, 0.05) is 17.0 Å². The Balaban J connectivity index is 1.72. The van der Waals surface area contributed by atoms with Crippen LogP contribution < -0.4 is 16.0 Å². The Bertz CT molecular complexity index is 1090. The van der Waals surface area contributed by atoms with Crippen LogP contribution in [0.15, 0.2) is 46.9 Å². The molecule has 1 aliphatic heterocycles. The standard InChI is InChI=1S/C19H14Cl2FN3O3/c20-11-2-4-15-10(5-11)7-16(28-15)17(9-1-3-13(22)12(21)6-9)25-18(26)14-8-23-19(27)24-14/h1-7,14,17H,8H2,(H,25,26)(H2,23,24,27)/t14-,17+/m0/s1. The van der Waals surface area contributed by atoms with Gasteiger partial charge < -0.3 is 20.4 Å². The van der Waals surface area contributed by atoms with Gasteiger partial charge in [-0.05, 0) is 42.0 Å². The lowest BCUT2D eigenvalue weighted by Gasteiger charge is -2.19. The second-order valence-corrected chi connectivity index (χ2v) is 7.20. The summed E-state index contributed by atoms with van der Waals surface area (Å²) < 4.78 is 19.5. The van der Waals surface area contributed by atoms with Crippen LogP contribution in [0.2, 0.25) is 10.0 Å². The molecular weight excluding hydrogens is 408 g/mol. The first kappa shape index (κ1) is 18.6. The minimum Gasteiger partial charge on any atom is -0.459 e. The number of fused-ring (bicyclic) bond motifs is 1. The fourth-order valence-corrected chi connectivity index (χ4v) is 3.41. The Morgan fingerprint density at radius 3 is 2.75 bits per heavy atom. The van der Waals surface area contributed by atoms with E-state index in [9.17, 15) is 14.0 Å². The van der Waals surface area contributed by atoms with E-state index in [2.05, 4.69) is 16.0 Å². The fraction of sp³-hybridized carbons (Fsp3) is 0.158. The molecular formula is C19H14Cl2FN3O3. The van der Waals surface area contributed by atoms with Crippen LogP contribution in [0.25, 0.3) is 11.0 Å². The van der Waals surface area contributed by atoms with E-state index in [0.717, 1.165) is 5.39 Å². The summed E-state index contributed by atoms with van der Waals surface area (Å²) in [5.41, 5.74) is 1.12. The van der Waals surface area contributed by atoms with Crippen LogP contribution in [0.5, 0.6) is 0 Å². The highest BCUT2D eigenvalue weighted by atomic mass is 35.5. The third-order valence-electron chi connectivity index (χ3n) is 4.43. The first-order valence-corrected chi connectivity index (χ1v) is 9.15. The number of benzene rings is 2. The summed E-state index contributed by atoms with van der Waals surface area (Å²) in [5, 5.41) is 9.11. The highest BCUT2D eigenvalue weighted by Gasteiger charge is 2.30. The zero-order chi connectivity index (χ0) is 19.8. The van der Waals surface area contributed by atoms with Gasteiger partial charge in [0.25, 0.3) is 0 Å². The minimum atomic E-state index is -0.741. The zero-order valence-corrected chi connectivity index (χ0v) is 15.8. The number of carbonyl (C=O) groups is 2. The summed E-state index contributed by atoms with van der Waals surface area (Å²) in [6.07, 6.45) is 0. The molecule has 3 N–H and O–H groups in total. The van der Waals surface area contributed by atoms with E-state index in [1.165, 1.54) is 18.2 Å². The molecule has 2 atom stereocenters. The number of furan rings is 1. The molecule has 144 valence electrons. The molecule has 2 heterocycles. The predicted molar refractivity (Wildman–Crippen MR) is 103 cm³/mol. The predicted octanol–water partition coefficient (Wildman–Crippen LogP) is 3.77. The fourth-order valence-electron chi connectivity index (χ4n) is 3.04. The molecule has 1 saturated heterocycles. The molecule has 1 aromatic heterocycles. The summed E-state index contributed by atoms with van der Waals surface area (Å²) in [5.74, 6) is -0.563. The Morgan fingerprint density at radius 1 is 1.21 bits per heavy atom. The Hall–Kier alpha value is -2.77. The molecule has 9 heteroatoms. The summed E-state index contributed by atoms with van der Waals surface area (Å²) in [6, 6.07) is 9.16. The molecule has 2 aromatic carbocycles. The smallest absolute Gasteiger partial charge is 0.315 e. The number of nitrogens with one attached hydrogen (secondary N) is 3. The number of hydrogen-bond acceptors (Lipinski definition) is 3. The van der Waals surface area contributed by atoms with Crippen molar-refractivity contribution in [1.82, 2.24) is 16.0 Å². The number of rotatable bonds is 4. The van der Waals surface area contributed by atoms with E-state index < -0.39 is 29.8 Å². The molecule has 0 radical (unpaired) electrons. The molecule has 4 rings (SSSR count). The van der Waals surface area contributed by atoms with Crippen molar-refractivity contribution in [2.24, 2.45) is 0 Å². The van der Waals surface area contributed by atoms with E-state index >= 15 is 0 Å². The van der Waals surface area contributed by atoms with Crippen LogP contribution >= 0.6 is 23.2 Å². The van der Waals surface area contributed by atoms with E-state index in [1.54, 1.807) is 24.3 Å². The van der Waals surface area contributed by atoms with Gasteiger partial charge in [0.1, 0.15) is 29.2 Å². The Kier molecular flexibility index (Phi) is 4.87. The second kappa shape index (κ2) is 7.33. The van der Waals surface area contributed by atoms with Gasteiger partial charge >= 0.3 is 6.03 Å². The molecule has 3 aromatic rings. The maximum Gasteiger partial charge on any atom is 0.315 e. The lowest BCUT2D eigenvalue weighted by Crippen LogP contribution is -2.44. The summed E-state index contributed by atoms with van der Waals surface area (Å²) in [6.45, 7) is 0.164. The second-order valence-electron chi connectivity index (χ2n) is 6.35. The van der Waals surface area contributed by atoms with Gasteiger partial charge in [-0.3, -0.25) is 4.79 Å². The van der Waals surface area contributed by atoms with Crippen LogP contribution in [0, 0.1) is 5.82 Å². The van der Waals surface area contributed by atoms with Crippen molar-refractivity contribution in [3.8, 4) is 0 Å². The third kappa shape index (κ3) is 3.63. The molecule has 0 unspecified atom stereocenters. The van der Waals surface area contributed by atoms with Gasteiger partial charge in [0.2, 0.25) is 5.91 Å². The van der Waals surface area contributed by atoms with Crippen molar-refractivity contribution >= 4 is 46.1 Å². The van der Waals surface area contributed by atoms with Crippen molar-refractivity contribution in [3.63, 3.8) is 0 Å². The normalized spacial score (nSPS) is 17.2. The number of urea groups is 1. The quantitative estimate of drug-likeness (QED) is 0.599. The van der Waals surface area contributed by atoms with Crippen molar-refractivity contribution < 1.29 is 18.4 Å². The third-order valence-corrected chi connectivity index (χ3v) is 4.96. The van der Waals surface area contributed by atoms with Crippen molar-refractivity contribution in [2.45, 2.75) is 12.1 Å². The van der Waals surface area contributed by atoms with Crippen molar-refractivity contribution in [1.29, 1.82) is 0 Å². The monoisotopic (exact) mass is 421 g/mol. The minimum absolute atomic E-state index is 0.0771. The van der Waals surface area contributed by atoms with Crippen LogP contribution in [-0.2, 0) is 4.79 Å². The van der Waals surface area contributed by atoms with Gasteiger partial charge in [-0.1, -0.05) is 29.3 Å². The highest BCUT2D eigenvalue weighted by molar-refractivity contribution is 6.31. The molecule has 0 bridgehead atoms. The Morgan fingerprint density at radius 2 is 2.04 bits per heavy atom. The molecule has 1 fully saturated rings. The molecule has 3 amide bonds. The van der Waals surface area contributed by atoms with Gasteiger partial charge in [0.05, 0.1) is 5.02 Å². The number of halogens is 3. The zero-order valence-electron chi connectivity index (χ0n) is 14.3. The first-order valence-electron chi connectivity index (χ1n) is 8.39. The maximum atomic E-state index is 13.6.